The second kappa shape index (κ2) is 5.37. The van der Waals surface area contributed by atoms with Crippen molar-refractivity contribution < 1.29 is 14.3 Å². The average Bonchev–Trinajstić information content (AvgIpc) is 2.33. The summed E-state index contributed by atoms with van der Waals surface area (Å²) >= 11 is 6.01. The quantitative estimate of drug-likeness (QED) is 0.630. The minimum absolute atomic E-state index is 0.213. The number of halogens is 1. The molecule has 1 aromatic rings. The first-order valence-electron chi connectivity index (χ1n) is 6.41. The van der Waals surface area contributed by atoms with Gasteiger partial charge in [-0.05, 0) is 37.3 Å². The van der Waals surface area contributed by atoms with E-state index in [0.717, 1.165) is 18.4 Å². The number of hydrogen-bond donors (Lipinski definition) is 0. The summed E-state index contributed by atoms with van der Waals surface area (Å²) in [6.45, 7) is 4.51. The predicted octanol–water partition coefficient (Wildman–Crippen LogP) is 2.97. The third kappa shape index (κ3) is 2.54. The van der Waals surface area contributed by atoms with Crippen molar-refractivity contribution in [2.75, 3.05) is 13.7 Å². The molecule has 0 atom stereocenters. The van der Waals surface area contributed by atoms with Gasteiger partial charge in [-0.1, -0.05) is 18.5 Å². The van der Waals surface area contributed by atoms with Gasteiger partial charge in [0.25, 0.3) is 0 Å². The van der Waals surface area contributed by atoms with Gasteiger partial charge in [0, 0.05) is 6.07 Å². The number of rotatable bonds is 4. The van der Waals surface area contributed by atoms with Gasteiger partial charge >= 0.3 is 5.97 Å². The van der Waals surface area contributed by atoms with Crippen LogP contribution in [0.2, 0.25) is 5.15 Å². The van der Waals surface area contributed by atoms with Crippen LogP contribution < -0.4 is 4.74 Å². The Kier molecular flexibility index (Phi) is 3.99. The summed E-state index contributed by atoms with van der Waals surface area (Å²) in [7, 11) is 1.42. The molecule has 19 heavy (non-hydrogen) atoms. The van der Waals surface area contributed by atoms with Crippen LogP contribution in [0.4, 0.5) is 0 Å². The Morgan fingerprint density at radius 3 is 2.74 bits per heavy atom. The van der Waals surface area contributed by atoms with Gasteiger partial charge in [-0.15, -0.1) is 0 Å². The molecule has 1 aromatic heterocycles. The molecule has 104 valence electrons. The lowest BCUT2D eigenvalue weighted by molar-refractivity contribution is -0.153. The lowest BCUT2D eigenvalue weighted by Gasteiger charge is -2.44. The Labute approximate surface area is 118 Å². The lowest BCUT2D eigenvalue weighted by atomic mass is 9.59. The van der Waals surface area contributed by atoms with Gasteiger partial charge in [0.05, 0.1) is 19.1 Å². The third-order valence-corrected chi connectivity index (χ3v) is 3.78. The van der Waals surface area contributed by atoms with Gasteiger partial charge < -0.3 is 9.47 Å². The minimum Gasteiger partial charge on any atom is -0.478 e. The fourth-order valence-corrected chi connectivity index (χ4v) is 3.02. The van der Waals surface area contributed by atoms with E-state index in [9.17, 15) is 4.79 Å². The number of methoxy groups -OCH3 is 1. The molecular formula is C14H18ClNO3. The normalized spacial score (nSPS) is 25.6. The number of carbonyl (C=O) groups is 1. The summed E-state index contributed by atoms with van der Waals surface area (Å²) in [6, 6.07) is 3.52. The van der Waals surface area contributed by atoms with E-state index in [0.29, 0.717) is 23.6 Å². The molecule has 1 aliphatic carbocycles. The van der Waals surface area contributed by atoms with Gasteiger partial charge in [-0.3, -0.25) is 4.79 Å². The Morgan fingerprint density at radius 1 is 1.53 bits per heavy atom. The number of carbonyl (C=O) groups excluding carboxylic acids is 1. The first kappa shape index (κ1) is 14.1. The summed E-state index contributed by atoms with van der Waals surface area (Å²) in [5.41, 5.74) is 0.243. The van der Waals surface area contributed by atoms with Gasteiger partial charge in [0.1, 0.15) is 5.15 Å². The highest BCUT2D eigenvalue weighted by Gasteiger charge is 2.51. The molecule has 1 saturated carbocycles. The van der Waals surface area contributed by atoms with Crippen molar-refractivity contribution in [1.29, 1.82) is 0 Å². The lowest BCUT2D eigenvalue weighted by Crippen LogP contribution is -2.47. The number of nitrogens with zero attached hydrogens (tertiary/aromatic N) is 1. The molecule has 0 saturated heterocycles. The van der Waals surface area contributed by atoms with Crippen LogP contribution in [0, 0.1) is 5.92 Å². The van der Waals surface area contributed by atoms with Crippen LogP contribution in [0.25, 0.3) is 0 Å². The second-order valence-electron chi connectivity index (χ2n) is 5.04. The van der Waals surface area contributed by atoms with E-state index in [-0.39, 0.29) is 5.97 Å². The largest absolute Gasteiger partial charge is 0.478 e. The molecule has 1 heterocycles. The van der Waals surface area contributed by atoms with E-state index in [1.807, 2.05) is 6.92 Å². The molecule has 0 unspecified atom stereocenters. The van der Waals surface area contributed by atoms with Crippen molar-refractivity contribution in [3.63, 3.8) is 0 Å². The van der Waals surface area contributed by atoms with Crippen molar-refractivity contribution in [2.24, 2.45) is 5.92 Å². The number of hydrogen-bond acceptors (Lipinski definition) is 4. The van der Waals surface area contributed by atoms with Crippen molar-refractivity contribution >= 4 is 17.6 Å². The van der Waals surface area contributed by atoms with E-state index < -0.39 is 5.41 Å². The van der Waals surface area contributed by atoms with Crippen molar-refractivity contribution in [3.05, 3.63) is 22.8 Å². The fourth-order valence-electron chi connectivity index (χ4n) is 2.82. The van der Waals surface area contributed by atoms with E-state index in [4.69, 9.17) is 21.1 Å². The number of esters is 1. The Balaban J connectivity index is 2.40. The molecule has 1 fully saturated rings. The molecule has 0 bridgehead atoms. The number of ether oxygens (including phenoxy) is 2. The van der Waals surface area contributed by atoms with Crippen molar-refractivity contribution in [2.45, 2.75) is 32.1 Å². The molecule has 1 aliphatic rings. The Morgan fingerprint density at radius 2 is 2.21 bits per heavy atom. The topological polar surface area (TPSA) is 48.4 Å². The highest BCUT2D eigenvalue weighted by Crippen LogP contribution is 2.49. The molecule has 0 N–H and O–H groups in total. The van der Waals surface area contributed by atoms with Crippen LogP contribution in [-0.2, 0) is 14.9 Å². The van der Waals surface area contributed by atoms with E-state index in [1.54, 1.807) is 12.1 Å². The van der Waals surface area contributed by atoms with Crippen LogP contribution in [0.3, 0.4) is 0 Å². The van der Waals surface area contributed by atoms with E-state index in [2.05, 4.69) is 11.9 Å². The predicted molar refractivity (Wildman–Crippen MR) is 72.5 cm³/mol. The second-order valence-corrected chi connectivity index (χ2v) is 5.42. The zero-order chi connectivity index (χ0) is 14.0. The molecular weight excluding hydrogens is 266 g/mol. The third-order valence-electron chi connectivity index (χ3n) is 3.59. The Hall–Kier alpha value is -1.29. The molecule has 5 heteroatoms. The van der Waals surface area contributed by atoms with Gasteiger partial charge in [0.15, 0.2) is 0 Å². The Bertz CT molecular complexity index is 484. The summed E-state index contributed by atoms with van der Waals surface area (Å²) in [5.74, 6) is 0.740. The average molecular weight is 284 g/mol. The molecule has 0 aromatic carbocycles. The summed E-state index contributed by atoms with van der Waals surface area (Å²) in [6.07, 6.45) is 1.54. The van der Waals surface area contributed by atoms with Gasteiger partial charge in [-0.25, -0.2) is 4.98 Å². The highest BCUT2D eigenvalue weighted by atomic mass is 35.5. The number of pyridine rings is 1. The van der Waals surface area contributed by atoms with E-state index in [1.165, 1.54) is 7.11 Å². The standard InChI is InChI=1S/C14H18ClNO3/c1-4-19-12-6-10(5-11(15)16-12)14(13(17)18-3)7-9(2)8-14/h5-6,9H,4,7-8H2,1-3H3. The van der Waals surface area contributed by atoms with Crippen LogP contribution in [0.5, 0.6) is 5.88 Å². The molecule has 0 radical (unpaired) electrons. The maximum atomic E-state index is 12.1. The molecule has 0 spiro atoms. The van der Waals surface area contributed by atoms with Crippen LogP contribution in [0.15, 0.2) is 12.1 Å². The first-order valence-corrected chi connectivity index (χ1v) is 6.79. The van der Waals surface area contributed by atoms with Crippen LogP contribution in [-0.4, -0.2) is 24.7 Å². The van der Waals surface area contributed by atoms with E-state index >= 15 is 0 Å². The fraction of sp³-hybridized carbons (Fsp3) is 0.571. The number of aromatic nitrogens is 1. The van der Waals surface area contributed by atoms with Gasteiger partial charge in [0.2, 0.25) is 5.88 Å². The SMILES string of the molecule is CCOc1cc(C2(C(=O)OC)CC(C)C2)cc(Cl)n1. The summed E-state index contributed by atoms with van der Waals surface area (Å²) in [4.78, 5) is 16.2. The maximum absolute atomic E-state index is 12.1. The molecule has 4 nitrogen and oxygen atoms in total. The zero-order valence-electron chi connectivity index (χ0n) is 11.4. The summed E-state index contributed by atoms with van der Waals surface area (Å²) in [5, 5.41) is 0.337. The van der Waals surface area contributed by atoms with Crippen LogP contribution >= 0.6 is 11.6 Å². The first-order chi connectivity index (χ1) is 9.01. The smallest absolute Gasteiger partial charge is 0.316 e. The maximum Gasteiger partial charge on any atom is 0.316 e. The van der Waals surface area contributed by atoms with Crippen molar-refractivity contribution in [3.8, 4) is 5.88 Å². The van der Waals surface area contributed by atoms with Gasteiger partial charge in [-0.2, -0.15) is 0 Å². The highest BCUT2D eigenvalue weighted by molar-refractivity contribution is 6.29. The van der Waals surface area contributed by atoms with Crippen molar-refractivity contribution in [1.82, 2.24) is 4.98 Å². The summed E-state index contributed by atoms with van der Waals surface area (Å²) < 4.78 is 10.3. The molecule has 0 amide bonds. The molecule has 2 rings (SSSR count). The monoisotopic (exact) mass is 283 g/mol. The molecule has 0 aliphatic heterocycles. The zero-order valence-corrected chi connectivity index (χ0v) is 12.2. The van der Waals surface area contributed by atoms with Crippen LogP contribution in [0.1, 0.15) is 32.3 Å². The minimum atomic E-state index is -0.591.